The molecule has 3 rings (SSSR count). The molecule has 0 radical (unpaired) electrons. The molecule has 0 heterocycles. The van der Waals surface area contributed by atoms with Gasteiger partial charge in [0, 0.05) is 31.8 Å². The lowest BCUT2D eigenvalue weighted by Crippen LogP contribution is -2.25. The number of nitrogens with zero attached hydrogens (tertiary/aromatic N) is 1. The van der Waals surface area contributed by atoms with E-state index >= 15 is 0 Å². The predicted molar refractivity (Wildman–Crippen MR) is 113 cm³/mol. The lowest BCUT2D eigenvalue weighted by atomic mass is 10.0. The first-order valence-corrected chi connectivity index (χ1v) is 9.41. The standard InChI is InChI=1S/C24H23FN2O2/c1-17(28)27(2)23-10-8-19(9-11-23)20-14-21(16-22(25)15-20)24(29)26-13-12-18-6-4-3-5-7-18/h3-11,14-16H,12-13H2,1-2H3,(H,26,29). The largest absolute Gasteiger partial charge is 0.352 e. The molecule has 0 bridgehead atoms. The Morgan fingerprint density at radius 1 is 0.931 bits per heavy atom. The zero-order valence-electron chi connectivity index (χ0n) is 16.5. The number of nitrogens with one attached hydrogen (secondary N) is 1. The van der Waals surface area contributed by atoms with Crippen LogP contribution in [0.4, 0.5) is 10.1 Å². The van der Waals surface area contributed by atoms with Crippen molar-refractivity contribution in [3.05, 3.63) is 89.7 Å². The smallest absolute Gasteiger partial charge is 0.251 e. The monoisotopic (exact) mass is 390 g/mol. The molecule has 0 aliphatic carbocycles. The van der Waals surface area contributed by atoms with Gasteiger partial charge in [-0.15, -0.1) is 0 Å². The molecule has 29 heavy (non-hydrogen) atoms. The van der Waals surface area contributed by atoms with E-state index in [9.17, 15) is 14.0 Å². The van der Waals surface area contributed by atoms with Gasteiger partial charge in [-0.05, 0) is 53.4 Å². The van der Waals surface area contributed by atoms with Gasteiger partial charge >= 0.3 is 0 Å². The third kappa shape index (κ3) is 5.29. The Bertz CT molecular complexity index is 1000. The van der Waals surface area contributed by atoms with Gasteiger partial charge < -0.3 is 10.2 Å². The fourth-order valence-electron chi connectivity index (χ4n) is 3.01. The van der Waals surface area contributed by atoms with E-state index in [0.717, 1.165) is 16.8 Å². The molecule has 0 saturated heterocycles. The van der Waals surface area contributed by atoms with Gasteiger partial charge in [0.15, 0.2) is 0 Å². The number of amides is 2. The summed E-state index contributed by atoms with van der Waals surface area (Å²) >= 11 is 0. The summed E-state index contributed by atoms with van der Waals surface area (Å²) in [6, 6.07) is 21.4. The van der Waals surface area contributed by atoms with Gasteiger partial charge in [0.2, 0.25) is 5.91 Å². The molecule has 0 atom stereocenters. The summed E-state index contributed by atoms with van der Waals surface area (Å²) in [5, 5.41) is 2.84. The van der Waals surface area contributed by atoms with Crippen LogP contribution in [0.3, 0.4) is 0 Å². The quantitative estimate of drug-likeness (QED) is 0.676. The van der Waals surface area contributed by atoms with Gasteiger partial charge in [0.1, 0.15) is 5.82 Å². The summed E-state index contributed by atoms with van der Waals surface area (Å²) in [5.74, 6) is -0.854. The third-order valence-corrected chi connectivity index (χ3v) is 4.76. The maximum absolute atomic E-state index is 14.1. The van der Waals surface area contributed by atoms with Crippen molar-refractivity contribution in [2.24, 2.45) is 0 Å². The van der Waals surface area contributed by atoms with Crippen molar-refractivity contribution >= 4 is 17.5 Å². The maximum atomic E-state index is 14.1. The van der Waals surface area contributed by atoms with Crippen LogP contribution in [0.15, 0.2) is 72.8 Å². The SMILES string of the molecule is CC(=O)N(C)c1ccc(-c2cc(F)cc(C(=O)NCCc3ccccc3)c2)cc1. The highest BCUT2D eigenvalue weighted by Crippen LogP contribution is 2.25. The molecular formula is C24H23FN2O2. The number of anilines is 1. The first-order valence-electron chi connectivity index (χ1n) is 9.41. The van der Waals surface area contributed by atoms with Gasteiger partial charge in [-0.2, -0.15) is 0 Å². The lowest BCUT2D eigenvalue weighted by Gasteiger charge is -2.15. The predicted octanol–water partition coefficient (Wildman–Crippen LogP) is 4.45. The Morgan fingerprint density at radius 3 is 2.28 bits per heavy atom. The van der Waals surface area contributed by atoms with Crippen molar-refractivity contribution in [1.82, 2.24) is 5.32 Å². The summed E-state index contributed by atoms with van der Waals surface area (Å²) in [6.07, 6.45) is 0.708. The second-order valence-electron chi connectivity index (χ2n) is 6.84. The van der Waals surface area contributed by atoms with E-state index in [4.69, 9.17) is 0 Å². The zero-order valence-corrected chi connectivity index (χ0v) is 16.5. The van der Waals surface area contributed by atoms with Crippen molar-refractivity contribution in [2.75, 3.05) is 18.5 Å². The van der Waals surface area contributed by atoms with E-state index in [-0.39, 0.29) is 17.4 Å². The third-order valence-electron chi connectivity index (χ3n) is 4.76. The van der Waals surface area contributed by atoms with E-state index in [2.05, 4.69) is 5.32 Å². The molecule has 3 aromatic rings. The van der Waals surface area contributed by atoms with Crippen molar-refractivity contribution in [2.45, 2.75) is 13.3 Å². The number of rotatable bonds is 6. The highest BCUT2D eigenvalue weighted by Gasteiger charge is 2.11. The summed E-state index contributed by atoms with van der Waals surface area (Å²) in [5.41, 5.74) is 3.52. The number of carbonyl (C=O) groups excluding carboxylic acids is 2. The minimum atomic E-state index is -0.472. The number of carbonyl (C=O) groups is 2. The first-order chi connectivity index (χ1) is 13.9. The van der Waals surface area contributed by atoms with Crippen LogP contribution in [0.5, 0.6) is 0 Å². The maximum Gasteiger partial charge on any atom is 0.251 e. The second-order valence-corrected chi connectivity index (χ2v) is 6.84. The Labute approximate surface area is 170 Å². The van der Waals surface area contributed by atoms with Crippen molar-refractivity contribution < 1.29 is 14.0 Å². The molecule has 0 fully saturated rings. The van der Waals surface area contributed by atoms with Crippen LogP contribution >= 0.6 is 0 Å². The molecule has 0 saturated carbocycles. The fraction of sp³-hybridized carbons (Fsp3) is 0.167. The molecule has 0 aromatic heterocycles. The van der Waals surface area contributed by atoms with Crippen molar-refractivity contribution in [1.29, 1.82) is 0 Å². The molecule has 4 nitrogen and oxygen atoms in total. The highest BCUT2D eigenvalue weighted by molar-refractivity contribution is 5.95. The minimum absolute atomic E-state index is 0.0713. The average Bonchev–Trinajstić information content (AvgIpc) is 2.73. The molecule has 148 valence electrons. The summed E-state index contributed by atoms with van der Waals surface area (Å²) in [7, 11) is 1.69. The molecule has 0 aliphatic heterocycles. The Hall–Kier alpha value is -3.47. The van der Waals surface area contributed by atoms with E-state index in [1.165, 1.54) is 24.0 Å². The van der Waals surface area contributed by atoms with Gasteiger partial charge in [-0.25, -0.2) is 4.39 Å². The number of benzene rings is 3. The normalized spacial score (nSPS) is 10.4. The first kappa shape index (κ1) is 20.3. The van der Waals surface area contributed by atoms with Gasteiger partial charge in [0.05, 0.1) is 0 Å². The molecule has 0 unspecified atom stereocenters. The molecule has 3 aromatic carbocycles. The molecular weight excluding hydrogens is 367 g/mol. The summed E-state index contributed by atoms with van der Waals surface area (Å²) < 4.78 is 14.1. The fourth-order valence-corrected chi connectivity index (χ4v) is 3.01. The topological polar surface area (TPSA) is 49.4 Å². The van der Waals surface area contributed by atoms with Crippen LogP contribution in [0, 0.1) is 5.82 Å². The van der Waals surface area contributed by atoms with Crippen molar-refractivity contribution in [3.63, 3.8) is 0 Å². The summed E-state index contributed by atoms with van der Waals surface area (Å²) in [6.45, 7) is 1.96. The Kier molecular flexibility index (Phi) is 6.39. The number of hydrogen-bond donors (Lipinski definition) is 1. The van der Waals surface area contributed by atoms with E-state index in [1.54, 1.807) is 37.4 Å². The lowest BCUT2D eigenvalue weighted by molar-refractivity contribution is -0.116. The van der Waals surface area contributed by atoms with Gasteiger partial charge in [-0.3, -0.25) is 9.59 Å². The number of hydrogen-bond acceptors (Lipinski definition) is 2. The zero-order chi connectivity index (χ0) is 20.8. The molecule has 1 N–H and O–H groups in total. The summed E-state index contributed by atoms with van der Waals surface area (Å²) in [4.78, 5) is 25.5. The number of halogens is 1. The van der Waals surface area contributed by atoms with Crippen LogP contribution in [0.25, 0.3) is 11.1 Å². The molecule has 0 aliphatic rings. The Morgan fingerprint density at radius 2 is 1.62 bits per heavy atom. The van der Waals surface area contributed by atoms with E-state index in [1.807, 2.05) is 30.3 Å². The molecule has 2 amide bonds. The molecule has 0 spiro atoms. The average molecular weight is 390 g/mol. The van der Waals surface area contributed by atoms with Crippen LogP contribution in [-0.4, -0.2) is 25.4 Å². The van der Waals surface area contributed by atoms with Crippen LogP contribution in [-0.2, 0) is 11.2 Å². The van der Waals surface area contributed by atoms with Gasteiger partial charge in [0.25, 0.3) is 5.91 Å². The van der Waals surface area contributed by atoms with E-state index < -0.39 is 5.82 Å². The minimum Gasteiger partial charge on any atom is -0.352 e. The van der Waals surface area contributed by atoms with E-state index in [0.29, 0.717) is 18.5 Å². The van der Waals surface area contributed by atoms with Crippen molar-refractivity contribution in [3.8, 4) is 11.1 Å². The van der Waals surface area contributed by atoms with Crippen LogP contribution in [0.1, 0.15) is 22.8 Å². The second kappa shape index (κ2) is 9.15. The molecule has 5 heteroatoms. The van der Waals surface area contributed by atoms with Crippen LogP contribution in [0.2, 0.25) is 0 Å². The van der Waals surface area contributed by atoms with Gasteiger partial charge in [-0.1, -0.05) is 42.5 Å². The highest BCUT2D eigenvalue weighted by atomic mass is 19.1. The Balaban J connectivity index is 1.72. The van der Waals surface area contributed by atoms with Crippen LogP contribution < -0.4 is 10.2 Å².